The first kappa shape index (κ1) is 18.7. The monoisotopic (exact) mass is 396 g/mol. The largest absolute Gasteiger partial charge is 0.494 e. The van der Waals surface area contributed by atoms with E-state index < -0.39 is 0 Å². The number of H-pyrrole nitrogens is 1. The molecular weight excluding hydrogens is 372 g/mol. The van der Waals surface area contributed by atoms with Gasteiger partial charge in [0, 0.05) is 34.8 Å². The highest BCUT2D eigenvalue weighted by Crippen LogP contribution is 2.36. The average molecular weight is 396 g/mol. The lowest BCUT2D eigenvalue weighted by molar-refractivity contribution is 0.331. The van der Waals surface area contributed by atoms with Crippen molar-refractivity contribution in [2.75, 3.05) is 0 Å². The van der Waals surface area contributed by atoms with Crippen molar-refractivity contribution < 1.29 is 5.11 Å². The normalized spacial score (nSPS) is 19.2. The summed E-state index contributed by atoms with van der Waals surface area (Å²) in [7, 11) is 0. The van der Waals surface area contributed by atoms with Gasteiger partial charge in [-0.15, -0.1) is 0 Å². The fourth-order valence-corrected chi connectivity index (χ4v) is 4.50. The number of aromatic nitrogens is 2. The minimum absolute atomic E-state index is 0.148. The molecule has 2 aromatic heterocycles. The Kier molecular flexibility index (Phi) is 4.86. The van der Waals surface area contributed by atoms with E-state index in [1.54, 1.807) is 0 Å². The molecule has 1 aliphatic rings. The van der Waals surface area contributed by atoms with E-state index in [0.29, 0.717) is 6.04 Å². The Morgan fingerprint density at radius 3 is 2.73 bits per heavy atom. The van der Waals surface area contributed by atoms with E-state index in [1.165, 1.54) is 5.56 Å². The second-order valence-electron chi connectivity index (χ2n) is 8.18. The number of aromatic amines is 1. The van der Waals surface area contributed by atoms with Gasteiger partial charge in [0.15, 0.2) is 5.88 Å². The highest BCUT2D eigenvalue weighted by molar-refractivity contribution is 5.99. The van der Waals surface area contributed by atoms with Crippen molar-refractivity contribution in [2.24, 2.45) is 5.92 Å². The minimum atomic E-state index is 0.148. The molecule has 0 saturated heterocycles. The molecule has 0 aliphatic heterocycles. The van der Waals surface area contributed by atoms with Crippen LogP contribution in [0.1, 0.15) is 31.2 Å². The molecule has 1 saturated carbocycles. The van der Waals surface area contributed by atoms with Crippen LogP contribution in [0.4, 0.5) is 0 Å². The van der Waals surface area contributed by atoms with Crippen LogP contribution in [0.5, 0.6) is 5.88 Å². The fraction of sp³-hybridized carbons (Fsp3) is 0.280. The summed E-state index contributed by atoms with van der Waals surface area (Å²) >= 11 is 0. The zero-order valence-electron chi connectivity index (χ0n) is 16.7. The van der Waals surface area contributed by atoms with Crippen molar-refractivity contribution in [1.29, 1.82) is 5.26 Å². The molecule has 0 spiro atoms. The van der Waals surface area contributed by atoms with Crippen molar-refractivity contribution >= 4 is 21.8 Å². The number of para-hydroxylation sites is 1. The summed E-state index contributed by atoms with van der Waals surface area (Å²) in [5.41, 5.74) is 4.55. The third kappa shape index (κ3) is 3.51. The number of aromatic hydroxyl groups is 1. The Labute approximate surface area is 175 Å². The standard InChI is InChI=1S/C25H24N4O/c26-14-16-5-9-19(10-6-16)27-15-17-7-11-21-18(13-17)8-12-23(28-21)24-20-3-1-2-4-22(20)29-25(24)30/h1-4,7-8,11-13,16,19,27,29-30H,5-6,9-10,15H2. The number of rotatable bonds is 4. The van der Waals surface area contributed by atoms with Crippen molar-refractivity contribution in [3.63, 3.8) is 0 Å². The number of fused-ring (bicyclic) bond motifs is 2. The van der Waals surface area contributed by atoms with Crippen LogP contribution in [0.2, 0.25) is 0 Å². The Morgan fingerprint density at radius 2 is 1.90 bits per heavy atom. The van der Waals surface area contributed by atoms with Crippen LogP contribution in [0, 0.1) is 17.2 Å². The number of hydrogen-bond donors (Lipinski definition) is 3. The third-order valence-electron chi connectivity index (χ3n) is 6.20. The maximum atomic E-state index is 10.4. The Balaban J connectivity index is 1.35. The van der Waals surface area contributed by atoms with Crippen LogP contribution >= 0.6 is 0 Å². The molecule has 1 fully saturated rings. The number of nitrogens with zero attached hydrogens (tertiary/aromatic N) is 2. The molecule has 0 unspecified atom stereocenters. The number of hydrogen-bond acceptors (Lipinski definition) is 4. The first-order valence-corrected chi connectivity index (χ1v) is 10.5. The van der Waals surface area contributed by atoms with E-state index >= 15 is 0 Å². The van der Waals surface area contributed by atoms with E-state index in [9.17, 15) is 5.11 Å². The molecule has 30 heavy (non-hydrogen) atoms. The lowest BCUT2D eigenvalue weighted by Crippen LogP contribution is -2.32. The lowest BCUT2D eigenvalue weighted by atomic mass is 9.87. The summed E-state index contributed by atoms with van der Waals surface area (Å²) in [6.45, 7) is 0.822. The van der Waals surface area contributed by atoms with Crippen LogP contribution in [0.3, 0.4) is 0 Å². The Hall–Kier alpha value is -3.36. The molecule has 150 valence electrons. The van der Waals surface area contributed by atoms with Gasteiger partial charge in [-0.05, 0) is 55.5 Å². The first-order valence-electron chi connectivity index (χ1n) is 10.5. The highest BCUT2D eigenvalue weighted by atomic mass is 16.3. The SMILES string of the molecule is N#CC1CCC(NCc2ccc3nc(-c4c(O)[nH]c5ccccc45)ccc3c2)CC1. The van der Waals surface area contributed by atoms with Crippen LogP contribution < -0.4 is 5.32 Å². The Bertz CT molecular complexity index is 1250. The van der Waals surface area contributed by atoms with Gasteiger partial charge in [0.2, 0.25) is 0 Å². The van der Waals surface area contributed by atoms with Crippen molar-refractivity contribution in [2.45, 2.75) is 38.3 Å². The van der Waals surface area contributed by atoms with Gasteiger partial charge >= 0.3 is 0 Å². The van der Waals surface area contributed by atoms with Gasteiger partial charge in [-0.1, -0.05) is 30.3 Å². The average Bonchev–Trinajstić information content (AvgIpc) is 3.13. The molecule has 5 nitrogen and oxygen atoms in total. The first-order chi connectivity index (χ1) is 14.7. The van der Waals surface area contributed by atoms with E-state index in [2.05, 4.69) is 34.6 Å². The summed E-state index contributed by atoms with van der Waals surface area (Å²) in [6, 6.07) is 21.1. The fourth-order valence-electron chi connectivity index (χ4n) is 4.50. The summed E-state index contributed by atoms with van der Waals surface area (Å²) in [5.74, 6) is 0.385. The molecule has 1 aliphatic carbocycles. The maximum Gasteiger partial charge on any atom is 0.199 e. The molecule has 0 amide bonds. The van der Waals surface area contributed by atoms with Gasteiger partial charge < -0.3 is 15.4 Å². The highest BCUT2D eigenvalue weighted by Gasteiger charge is 2.20. The van der Waals surface area contributed by atoms with E-state index in [1.807, 2.05) is 36.4 Å². The quantitative estimate of drug-likeness (QED) is 0.439. The molecule has 3 N–H and O–H groups in total. The zero-order valence-corrected chi connectivity index (χ0v) is 16.7. The van der Waals surface area contributed by atoms with Crippen LogP contribution in [-0.2, 0) is 6.54 Å². The third-order valence-corrected chi connectivity index (χ3v) is 6.20. The van der Waals surface area contributed by atoms with Crippen LogP contribution in [0.15, 0.2) is 54.6 Å². The number of nitrogens with one attached hydrogen (secondary N) is 2. The van der Waals surface area contributed by atoms with Crippen LogP contribution in [0.25, 0.3) is 33.1 Å². The molecule has 4 aromatic rings. The smallest absolute Gasteiger partial charge is 0.199 e. The lowest BCUT2D eigenvalue weighted by Gasteiger charge is -2.25. The molecule has 0 atom stereocenters. The maximum absolute atomic E-state index is 10.4. The minimum Gasteiger partial charge on any atom is -0.494 e. The van der Waals surface area contributed by atoms with Gasteiger partial charge in [0.25, 0.3) is 0 Å². The van der Waals surface area contributed by atoms with Crippen molar-refractivity contribution in [1.82, 2.24) is 15.3 Å². The van der Waals surface area contributed by atoms with Gasteiger partial charge in [-0.2, -0.15) is 5.26 Å². The molecule has 0 bridgehead atoms. The van der Waals surface area contributed by atoms with Gasteiger partial charge in [-0.3, -0.25) is 0 Å². The molecule has 5 heteroatoms. The second-order valence-corrected chi connectivity index (χ2v) is 8.18. The predicted molar refractivity (Wildman–Crippen MR) is 119 cm³/mol. The Morgan fingerprint density at radius 1 is 1.07 bits per heavy atom. The molecule has 0 radical (unpaired) electrons. The topological polar surface area (TPSA) is 84.7 Å². The van der Waals surface area contributed by atoms with Gasteiger partial charge in [-0.25, -0.2) is 4.98 Å². The molecule has 5 rings (SSSR count). The second kappa shape index (κ2) is 7.81. The van der Waals surface area contributed by atoms with Crippen LogP contribution in [-0.4, -0.2) is 21.1 Å². The molecule has 2 aromatic carbocycles. The van der Waals surface area contributed by atoms with Crippen molar-refractivity contribution in [3.05, 3.63) is 60.2 Å². The zero-order chi connectivity index (χ0) is 20.5. The summed E-state index contributed by atoms with van der Waals surface area (Å²) in [6.07, 6.45) is 4.15. The summed E-state index contributed by atoms with van der Waals surface area (Å²) in [5, 5.41) is 25.1. The van der Waals surface area contributed by atoms with Gasteiger partial charge in [0.05, 0.1) is 22.8 Å². The van der Waals surface area contributed by atoms with E-state index in [0.717, 1.165) is 65.3 Å². The number of pyridine rings is 1. The van der Waals surface area contributed by atoms with Gasteiger partial charge in [0.1, 0.15) is 0 Å². The number of nitriles is 1. The van der Waals surface area contributed by atoms with E-state index in [4.69, 9.17) is 10.2 Å². The predicted octanol–water partition coefficient (Wildman–Crippen LogP) is 5.26. The molecule has 2 heterocycles. The molecular formula is C25H24N4O. The number of benzene rings is 2. The van der Waals surface area contributed by atoms with Crippen molar-refractivity contribution in [3.8, 4) is 23.2 Å². The summed E-state index contributed by atoms with van der Waals surface area (Å²) < 4.78 is 0. The summed E-state index contributed by atoms with van der Waals surface area (Å²) in [4.78, 5) is 7.83. The van der Waals surface area contributed by atoms with E-state index in [-0.39, 0.29) is 11.8 Å².